The lowest BCUT2D eigenvalue weighted by atomic mass is 9.96. The zero-order valence-electron chi connectivity index (χ0n) is 14.7. The molecule has 0 fully saturated rings. The number of hydrogen-bond acceptors (Lipinski definition) is 6. The van der Waals surface area contributed by atoms with E-state index in [1.807, 2.05) is 11.4 Å². The first-order chi connectivity index (χ1) is 13.8. The Balaban J connectivity index is 1.76. The summed E-state index contributed by atoms with van der Waals surface area (Å²) in [7, 11) is 0. The fourth-order valence-electron chi connectivity index (χ4n) is 3.00. The summed E-state index contributed by atoms with van der Waals surface area (Å²) in [6, 6.07) is 5.96. The first-order valence-corrected chi connectivity index (χ1v) is 9.41. The van der Waals surface area contributed by atoms with E-state index in [2.05, 4.69) is 15.3 Å². The van der Waals surface area contributed by atoms with Gasteiger partial charge in [-0.1, -0.05) is 6.07 Å². The summed E-state index contributed by atoms with van der Waals surface area (Å²) in [5, 5.41) is 14.5. The summed E-state index contributed by atoms with van der Waals surface area (Å²) < 4.78 is 46.2. The molecule has 1 aliphatic rings. The first kappa shape index (κ1) is 19.2. The minimum absolute atomic E-state index is 0.176. The van der Waals surface area contributed by atoms with Crippen LogP contribution in [0.2, 0.25) is 0 Å². The molecule has 1 amide bonds. The van der Waals surface area contributed by atoms with Crippen LogP contribution in [0.3, 0.4) is 0 Å². The number of benzene rings is 1. The highest BCUT2D eigenvalue weighted by molar-refractivity contribution is 7.09. The van der Waals surface area contributed by atoms with Crippen LogP contribution in [-0.2, 0) is 17.5 Å². The number of carbonyl (C=O) groups excluding carboxylic acids is 1. The Morgan fingerprint density at radius 2 is 2.17 bits per heavy atom. The number of hydrogen-bond donors (Lipinski definition) is 2. The van der Waals surface area contributed by atoms with Crippen molar-refractivity contribution in [3.05, 3.63) is 63.8 Å². The first-order valence-electron chi connectivity index (χ1n) is 8.53. The van der Waals surface area contributed by atoms with E-state index < -0.39 is 34.9 Å². The van der Waals surface area contributed by atoms with E-state index in [0.717, 1.165) is 10.9 Å². The van der Waals surface area contributed by atoms with Gasteiger partial charge in [0.15, 0.2) is 0 Å². The van der Waals surface area contributed by atoms with E-state index >= 15 is 0 Å². The van der Waals surface area contributed by atoms with Crippen molar-refractivity contribution in [2.24, 2.45) is 0 Å². The molecular weight excluding hydrogens is 407 g/mol. The van der Waals surface area contributed by atoms with E-state index in [9.17, 15) is 23.1 Å². The smallest absolute Gasteiger partial charge is 0.418 e. The summed E-state index contributed by atoms with van der Waals surface area (Å²) in [6.45, 7) is 0.380. The Hall–Kier alpha value is -3.14. The molecule has 1 aromatic carbocycles. The molecule has 1 aliphatic heterocycles. The second-order valence-electron chi connectivity index (χ2n) is 6.36. The Morgan fingerprint density at radius 3 is 2.83 bits per heavy atom. The maximum absolute atomic E-state index is 13.7. The number of rotatable bonds is 4. The average molecular weight is 421 g/mol. The van der Waals surface area contributed by atoms with Crippen LogP contribution in [0.5, 0.6) is 5.88 Å². The predicted octanol–water partition coefficient (Wildman–Crippen LogP) is 3.97. The minimum Gasteiger partial charge on any atom is -0.501 e. The molecule has 0 radical (unpaired) electrons. The highest BCUT2D eigenvalue weighted by atomic mass is 32.1. The van der Waals surface area contributed by atoms with Crippen LogP contribution in [0.4, 0.5) is 13.2 Å². The predicted molar refractivity (Wildman–Crippen MR) is 99.5 cm³/mol. The van der Waals surface area contributed by atoms with E-state index in [1.54, 1.807) is 12.1 Å². The van der Waals surface area contributed by atoms with Gasteiger partial charge in [0.25, 0.3) is 5.91 Å². The lowest BCUT2D eigenvalue weighted by Gasteiger charge is -2.15. The normalized spacial score (nSPS) is 16.2. The molecule has 1 unspecified atom stereocenters. The van der Waals surface area contributed by atoms with Crippen molar-refractivity contribution >= 4 is 28.1 Å². The number of halogens is 3. The fourth-order valence-corrected chi connectivity index (χ4v) is 3.65. The maximum Gasteiger partial charge on any atom is 0.418 e. The Kier molecular flexibility index (Phi) is 4.87. The van der Waals surface area contributed by atoms with Gasteiger partial charge < -0.3 is 15.2 Å². The monoisotopic (exact) mass is 421 g/mol. The van der Waals surface area contributed by atoms with Crippen LogP contribution in [0.25, 0.3) is 10.9 Å². The van der Waals surface area contributed by atoms with E-state index in [1.165, 1.54) is 23.7 Å². The van der Waals surface area contributed by atoms with Crippen molar-refractivity contribution < 1.29 is 27.8 Å². The molecule has 2 aromatic heterocycles. The highest BCUT2D eigenvalue weighted by Gasteiger charge is 2.35. The van der Waals surface area contributed by atoms with Gasteiger partial charge in [0.1, 0.15) is 0 Å². The molecule has 1 atom stereocenters. The zero-order valence-corrected chi connectivity index (χ0v) is 15.5. The molecule has 3 aromatic rings. The lowest BCUT2D eigenvalue weighted by molar-refractivity contribution is -0.136. The molecule has 0 saturated heterocycles. The average Bonchev–Trinajstić information content (AvgIpc) is 3.38. The van der Waals surface area contributed by atoms with Gasteiger partial charge >= 0.3 is 6.18 Å². The third-order valence-corrected chi connectivity index (χ3v) is 5.30. The molecule has 3 heterocycles. The lowest BCUT2D eigenvalue weighted by Crippen LogP contribution is -2.25. The van der Waals surface area contributed by atoms with Crippen LogP contribution in [0, 0.1) is 0 Å². The molecule has 150 valence electrons. The number of nitrogens with one attached hydrogen (secondary N) is 1. The Morgan fingerprint density at radius 1 is 1.34 bits per heavy atom. The van der Waals surface area contributed by atoms with E-state index in [0.29, 0.717) is 5.56 Å². The van der Waals surface area contributed by atoms with Gasteiger partial charge in [-0.15, -0.1) is 11.3 Å². The standard InChI is InChI=1S/C19H14F3N3O3S/c20-19(21,22)14-7-11(10-3-4-28-9-10)6-13-15(14)24-16(25-17(13)26)18(27)23-8-12-2-1-5-29-12/h1-7,10H,8-9H2,(H,23,27)(H,24,25,26). The number of alkyl halides is 3. The van der Waals surface area contributed by atoms with Gasteiger partial charge in [-0.2, -0.15) is 18.2 Å². The second kappa shape index (κ2) is 7.36. The van der Waals surface area contributed by atoms with Gasteiger partial charge in [-0.05, 0) is 35.2 Å². The summed E-state index contributed by atoms with van der Waals surface area (Å²) >= 11 is 1.42. The zero-order chi connectivity index (χ0) is 20.6. The molecule has 4 rings (SSSR count). The molecule has 0 saturated carbocycles. The van der Waals surface area contributed by atoms with Crippen molar-refractivity contribution in [2.45, 2.75) is 18.6 Å². The molecule has 29 heavy (non-hydrogen) atoms. The summed E-state index contributed by atoms with van der Waals surface area (Å²) in [4.78, 5) is 20.7. The number of aromatic hydroxyl groups is 1. The minimum atomic E-state index is -4.73. The summed E-state index contributed by atoms with van der Waals surface area (Å²) in [6.07, 6.45) is -1.69. The van der Waals surface area contributed by atoms with Gasteiger partial charge in [-0.3, -0.25) is 4.79 Å². The van der Waals surface area contributed by atoms with Gasteiger partial charge in [0, 0.05) is 10.8 Å². The summed E-state index contributed by atoms with van der Waals surface area (Å²) in [5.41, 5.74) is -1.26. The summed E-state index contributed by atoms with van der Waals surface area (Å²) in [5.74, 6) is -2.38. The van der Waals surface area contributed by atoms with Crippen LogP contribution >= 0.6 is 11.3 Å². The maximum atomic E-state index is 13.7. The van der Waals surface area contributed by atoms with Crippen molar-refractivity contribution in [1.29, 1.82) is 0 Å². The number of fused-ring (bicyclic) bond motifs is 1. The molecule has 10 heteroatoms. The van der Waals surface area contributed by atoms with Crippen molar-refractivity contribution in [3.63, 3.8) is 0 Å². The SMILES string of the molecule is O=C(NCc1cccs1)c1nc(O)c2cc(C3C=COC3)cc(C(F)(F)F)c2n1. The third-order valence-electron chi connectivity index (χ3n) is 4.43. The fraction of sp³-hybridized carbons (Fsp3) is 0.211. The van der Waals surface area contributed by atoms with Crippen molar-refractivity contribution in [2.75, 3.05) is 6.61 Å². The molecule has 2 N–H and O–H groups in total. The number of nitrogens with zero attached hydrogens (tertiary/aromatic N) is 2. The van der Waals surface area contributed by atoms with Crippen LogP contribution in [0.1, 0.15) is 32.5 Å². The molecule has 0 spiro atoms. The van der Waals surface area contributed by atoms with Gasteiger partial charge in [-0.25, -0.2) is 4.98 Å². The van der Waals surface area contributed by atoms with Gasteiger partial charge in [0.05, 0.1) is 35.9 Å². The molecule has 0 aliphatic carbocycles. The number of carbonyl (C=O) groups is 1. The van der Waals surface area contributed by atoms with Crippen molar-refractivity contribution in [1.82, 2.24) is 15.3 Å². The van der Waals surface area contributed by atoms with E-state index in [4.69, 9.17) is 4.74 Å². The molecule has 6 nitrogen and oxygen atoms in total. The Bertz CT molecular complexity index is 1100. The van der Waals surface area contributed by atoms with Crippen molar-refractivity contribution in [3.8, 4) is 5.88 Å². The number of aromatic nitrogens is 2. The van der Waals surface area contributed by atoms with Crippen LogP contribution in [-0.4, -0.2) is 27.6 Å². The Labute approximate surface area is 166 Å². The number of thiophene rings is 1. The topological polar surface area (TPSA) is 84.3 Å². The van der Waals surface area contributed by atoms with E-state index in [-0.39, 0.29) is 24.5 Å². The molecule has 0 bridgehead atoms. The third kappa shape index (κ3) is 3.88. The number of ether oxygens (including phenoxy) is 1. The van der Waals surface area contributed by atoms with Crippen LogP contribution < -0.4 is 5.32 Å². The number of amides is 1. The molecular formula is C19H14F3N3O3S. The largest absolute Gasteiger partial charge is 0.501 e. The van der Waals surface area contributed by atoms with Crippen LogP contribution in [0.15, 0.2) is 42.0 Å². The van der Waals surface area contributed by atoms with Gasteiger partial charge in [0.2, 0.25) is 11.7 Å². The quantitative estimate of drug-likeness (QED) is 0.666. The second-order valence-corrected chi connectivity index (χ2v) is 7.40. The highest BCUT2D eigenvalue weighted by Crippen LogP contribution is 2.39.